The van der Waals surface area contributed by atoms with Gasteiger partial charge < -0.3 is 4.74 Å². The van der Waals surface area contributed by atoms with E-state index in [1.54, 1.807) is 0 Å². The molecule has 0 radical (unpaired) electrons. The van der Waals surface area contributed by atoms with Gasteiger partial charge in [-0.1, -0.05) is 12.6 Å². The Labute approximate surface area is 101 Å². The number of esters is 1. The SMILES string of the molecule is COC(=O)C1CCSC12CCB(C#N)CC2. The molecular weight excluding hydrogens is 221 g/mol. The molecule has 0 N–H and O–H groups in total. The van der Waals surface area contributed by atoms with Crippen LogP contribution in [-0.4, -0.2) is 30.3 Å². The summed E-state index contributed by atoms with van der Waals surface area (Å²) in [5.74, 6) is 3.40. The van der Waals surface area contributed by atoms with Gasteiger partial charge in [0.25, 0.3) is 6.71 Å². The van der Waals surface area contributed by atoms with Gasteiger partial charge >= 0.3 is 5.97 Å². The first-order valence-corrected chi connectivity index (χ1v) is 6.82. The van der Waals surface area contributed by atoms with Crippen molar-refractivity contribution >= 4 is 24.4 Å². The van der Waals surface area contributed by atoms with Gasteiger partial charge in [-0.05, 0) is 25.0 Å². The van der Waals surface area contributed by atoms with Gasteiger partial charge in [-0.25, -0.2) is 5.26 Å². The highest BCUT2D eigenvalue weighted by molar-refractivity contribution is 8.01. The zero-order chi connectivity index (χ0) is 11.6. The van der Waals surface area contributed by atoms with E-state index in [1.165, 1.54) is 7.11 Å². The number of ether oxygens (including phenoxy) is 1. The minimum absolute atomic E-state index is 0.0552. The fourth-order valence-electron chi connectivity index (χ4n) is 2.95. The zero-order valence-corrected chi connectivity index (χ0v) is 10.4. The Balaban J connectivity index is 2.07. The number of carbonyl (C=O) groups excluding carboxylic acids is 1. The highest BCUT2D eigenvalue weighted by atomic mass is 32.2. The maximum Gasteiger partial charge on any atom is 0.310 e. The van der Waals surface area contributed by atoms with Gasteiger partial charge in [0.15, 0.2) is 0 Å². The molecule has 0 saturated carbocycles. The predicted molar refractivity (Wildman–Crippen MR) is 65.5 cm³/mol. The molecule has 2 fully saturated rings. The van der Waals surface area contributed by atoms with Crippen LogP contribution in [0.2, 0.25) is 12.6 Å². The average molecular weight is 237 g/mol. The van der Waals surface area contributed by atoms with Crippen LogP contribution in [0.5, 0.6) is 0 Å². The van der Waals surface area contributed by atoms with Crippen LogP contribution in [-0.2, 0) is 9.53 Å². The lowest BCUT2D eigenvalue weighted by atomic mass is 9.41. The summed E-state index contributed by atoms with van der Waals surface area (Å²) in [6.45, 7) is 0.199. The van der Waals surface area contributed by atoms with Gasteiger partial charge in [0, 0.05) is 10.7 Å². The lowest BCUT2D eigenvalue weighted by Gasteiger charge is -2.37. The molecular formula is C11H16BNO2S. The van der Waals surface area contributed by atoms with Crippen LogP contribution in [0, 0.1) is 17.1 Å². The maximum absolute atomic E-state index is 11.7. The average Bonchev–Trinajstić information content (AvgIpc) is 2.73. The van der Waals surface area contributed by atoms with Crippen molar-refractivity contribution in [1.29, 1.82) is 5.26 Å². The van der Waals surface area contributed by atoms with Crippen molar-refractivity contribution < 1.29 is 9.53 Å². The van der Waals surface area contributed by atoms with Crippen molar-refractivity contribution in [1.82, 2.24) is 0 Å². The fourth-order valence-corrected chi connectivity index (χ4v) is 4.65. The quantitative estimate of drug-likeness (QED) is 0.517. The molecule has 86 valence electrons. The molecule has 0 amide bonds. The number of nitrogens with zero attached hydrogens (tertiary/aromatic N) is 1. The van der Waals surface area contributed by atoms with Crippen molar-refractivity contribution in [2.45, 2.75) is 36.6 Å². The van der Waals surface area contributed by atoms with Gasteiger partial charge in [0.1, 0.15) is 0 Å². The van der Waals surface area contributed by atoms with Crippen LogP contribution in [0.1, 0.15) is 19.3 Å². The van der Waals surface area contributed by atoms with E-state index in [4.69, 9.17) is 10.00 Å². The minimum Gasteiger partial charge on any atom is -0.469 e. The fraction of sp³-hybridized carbons (Fsp3) is 0.818. The minimum atomic E-state index is -0.0552. The molecule has 1 atom stereocenters. The number of rotatable bonds is 1. The Morgan fingerprint density at radius 2 is 2.25 bits per heavy atom. The van der Waals surface area contributed by atoms with E-state index in [1.807, 2.05) is 11.8 Å². The molecule has 2 aliphatic rings. The molecule has 1 spiro atoms. The van der Waals surface area contributed by atoms with E-state index in [0.29, 0.717) is 0 Å². The first-order chi connectivity index (χ1) is 7.72. The van der Waals surface area contributed by atoms with Gasteiger partial charge in [-0.15, -0.1) is 0 Å². The second kappa shape index (κ2) is 4.71. The molecule has 2 aliphatic heterocycles. The third-order valence-electron chi connectivity index (χ3n) is 3.93. The van der Waals surface area contributed by atoms with Crippen LogP contribution in [0.15, 0.2) is 0 Å². The van der Waals surface area contributed by atoms with E-state index in [9.17, 15) is 4.79 Å². The van der Waals surface area contributed by atoms with E-state index in [0.717, 1.165) is 37.7 Å². The molecule has 1 unspecified atom stereocenters. The van der Waals surface area contributed by atoms with Crippen LogP contribution in [0.25, 0.3) is 0 Å². The van der Waals surface area contributed by atoms with Crippen LogP contribution in [0.3, 0.4) is 0 Å². The standard InChI is InChI=1S/C11H16BNO2S/c1-15-10(14)9-2-7-16-11(9)3-5-12(8-13)6-4-11/h9H,2-7H2,1H3. The molecule has 16 heavy (non-hydrogen) atoms. The number of methoxy groups -OCH3 is 1. The summed E-state index contributed by atoms with van der Waals surface area (Å²) in [6, 6.07) is 0. The van der Waals surface area contributed by atoms with Gasteiger partial charge in [0.05, 0.1) is 13.0 Å². The highest BCUT2D eigenvalue weighted by Gasteiger charge is 2.50. The van der Waals surface area contributed by atoms with E-state index < -0.39 is 0 Å². The van der Waals surface area contributed by atoms with Crippen molar-refractivity contribution in [3.8, 4) is 5.97 Å². The largest absolute Gasteiger partial charge is 0.469 e. The zero-order valence-electron chi connectivity index (χ0n) is 9.57. The van der Waals surface area contributed by atoms with E-state index in [-0.39, 0.29) is 23.3 Å². The lowest BCUT2D eigenvalue weighted by molar-refractivity contribution is -0.146. The number of hydrogen-bond donors (Lipinski definition) is 0. The second-order valence-electron chi connectivity index (χ2n) is 4.68. The Kier molecular flexibility index (Phi) is 3.49. The van der Waals surface area contributed by atoms with Crippen molar-refractivity contribution in [3.05, 3.63) is 0 Å². The van der Waals surface area contributed by atoms with Crippen molar-refractivity contribution in [3.63, 3.8) is 0 Å². The summed E-state index contributed by atoms with van der Waals surface area (Å²) >= 11 is 1.92. The molecule has 2 heterocycles. The first-order valence-electron chi connectivity index (χ1n) is 5.83. The Morgan fingerprint density at radius 1 is 1.56 bits per heavy atom. The second-order valence-corrected chi connectivity index (χ2v) is 6.19. The van der Waals surface area contributed by atoms with Gasteiger partial charge in [-0.2, -0.15) is 11.8 Å². The normalized spacial score (nSPS) is 27.8. The van der Waals surface area contributed by atoms with Crippen molar-refractivity contribution in [2.75, 3.05) is 12.9 Å². The first kappa shape index (κ1) is 11.8. The topological polar surface area (TPSA) is 50.1 Å². The van der Waals surface area contributed by atoms with E-state index in [2.05, 4.69) is 5.97 Å². The molecule has 0 aromatic heterocycles. The van der Waals surface area contributed by atoms with Crippen LogP contribution < -0.4 is 0 Å². The highest BCUT2D eigenvalue weighted by Crippen LogP contribution is 2.52. The van der Waals surface area contributed by atoms with E-state index >= 15 is 0 Å². The number of nitriles is 1. The summed E-state index contributed by atoms with van der Waals surface area (Å²) in [7, 11) is 1.47. The summed E-state index contributed by atoms with van der Waals surface area (Å²) in [5.41, 5.74) is 0. The number of carbonyl (C=O) groups is 1. The monoisotopic (exact) mass is 237 g/mol. The molecule has 3 nitrogen and oxygen atoms in total. The Morgan fingerprint density at radius 3 is 2.81 bits per heavy atom. The number of hydrogen-bond acceptors (Lipinski definition) is 4. The Hall–Kier alpha value is -0.625. The third kappa shape index (κ3) is 1.95. The summed E-state index contributed by atoms with van der Waals surface area (Å²) in [4.78, 5) is 11.7. The molecule has 2 rings (SSSR count). The molecule has 2 saturated heterocycles. The summed E-state index contributed by atoms with van der Waals surface area (Å²) in [6.07, 6.45) is 4.81. The molecule has 5 heteroatoms. The summed E-state index contributed by atoms with van der Waals surface area (Å²) in [5, 5.41) is 8.90. The lowest BCUT2D eigenvalue weighted by Crippen LogP contribution is -2.41. The van der Waals surface area contributed by atoms with Gasteiger partial charge in [0.2, 0.25) is 0 Å². The third-order valence-corrected chi connectivity index (χ3v) is 5.64. The molecule has 0 aromatic carbocycles. The molecule has 0 bridgehead atoms. The predicted octanol–water partition coefficient (Wildman–Crippen LogP) is 2.00. The van der Waals surface area contributed by atoms with Crippen molar-refractivity contribution in [2.24, 2.45) is 5.92 Å². The Bertz CT molecular complexity index is 320. The molecule has 0 aromatic rings. The maximum atomic E-state index is 11.7. The van der Waals surface area contributed by atoms with Crippen LogP contribution in [0.4, 0.5) is 0 Å². The van der Waals surface area contributed by atoms with Gasteiger partial charge in [-0.3, -0.25) is 4.79 Å². The molecule has 0 aliphatic carbocycles. The summed E-state index contributed by atoms with van der Waals surface area (Å²) < 4.78 is 4.98. The van der Waals surface area contributed by atoms with Crippen LogP contribution >= 0.6 is 11.8 Å². The number of thioether (sulfide) groups is 1. The smallest absolute Gasteiger partial charge is 0.310 e.